The molecule has 0 aliphatic heterocycles. The number of hydrogen-bond acceptors (Lipinski definition) is 2. The van der Waals surface area contributed by atoms with Gasteiger partial charge in [0.25, 0.3) is 0 Å². The predicted octanol–water partition coefficient (Wildman–Crippen LogP) is 3.78. The average molecular weight is 299 g/mol. The minimum absolute atomic E-state index is 0.145. The summed E-state index contributed by atoms with van der Waals surface area (Å²) < 4.78 is 44.4. The molecule has 0 saturated heterocycles. The van der Waals surface area contributed by atoms with Crippen molar-refractivity contribution in [2.45, 2.75) is 44.8 Å². The molecule has 0 fully saturated rings. The van der Waals surface area contributed by atoms with Crippen LogP contribution in [0, 0.1) is 12.3 Å². The predicted molar refractivity (Wildman–Crippen MR) is 77.0 cm³/mol. The van der Waals surface area contributed by atoms with Crippen molar-refractivity contribution in [3.05, 3.63) is 29.3 Å². The molecule has 1 aromatic carbocycles. The third-order valence-electron chi connectivity index (χ3n) is 3.09. The maximum absolute atomic E-state index is 13.1. The van der Waals surface area contributed by atoms with Crippen LogP contribution in [0.3, 0.4) is 0 Å². The van der Waals surface area contributed by atoms with Crippen LogP contribution in [0.1, 0.15) is 37.3 Å². The molecule has 1 atom stereocenters. The highest BCUT2D eigenvalue weighted by atomic mass is 19.4. The van der Waals surface area contributed by atoms with E-state index in [1.165, 1.54) is 6.07 Å². The van der Waals surface area contributed by atoms with Crippen LogP contribution in [-0.4, -0.2) is 12.6 Å². The van der Waals surface area contributed by atoms with E-state index in [1.807, 2.05) is 6.92 Å². The van der Waals surface area contributed by atoms with Crippen LogP contribution in [0.25, 0.3) is 0 Å². The topological polar surface area (TPSA) is 35.2 Å². The lowest BCUT2D eigenvalue weighted by Gasteiger charge is -2.16. The molecule has 2 N–H and O–H groups in total. The Kier molecular flexibility index (Phi) is 6.57. The van der Waals surface area contributed by atoms with Crippen molar-refractivity contribution < 1.29 is 17.9 Å². The highest BCUT2D eigenvalue weighted by Gasteiger charge is 2.34. The Morgan fingerprint density at radius 1 is 1.38 bits per heavy atom. The van der Waals surface area contributed by atoms with Gasteiger partial charge in [-0.3, -0.25) is 0 Å². The molecule has 1 rings (SSSR count). The third kappa shape index (κ3) is 5.68. The molecule has 0 aliphatic rings. The largest absolute Gasteiger partial charge is 0.493 e. The zero-order chi connectivity index (χ0) is 15.9. The second kappa shape index (κ2) is 7.94. The molecular formula is C16H20F3NO. The molecule has 116 valence electrons. The molecular weight excluding hydrogens is 279 g/mol. The Balaban J connectivity index is 2.90. The molecule has 0 aromatic heterocycles. The minimum Gasteiger partial charge on any atom is -0.493 e. The lowest BCUT2D eigenvalue weighted by molar-refractivity contribution is -0.139. The van der Waals surface area contributed by atoms with Gasteiger partial charge in [0.05, 0.1) is 12.2 Å². The third-order valence-corrected chi connectivity index (χ3v) is 3.09. The number of hydrogen-bond donors (Lipinski definition) is 1. The number of alkyl halides is 3. The number of nitrogens with two attached hydrogens (primary N) is 1. The van der Waals surface area contributed by atoms with Crippen LogP contribution in [-0.2, 0) is 12.6 Å². The Labute approximate surface area is 123 Å². The van der Waals surface area contributed by atoms with E-state index in [2.05, 4.69) is 5.92 Å². The van der Waals surface area contributed by atoms with Gasteiger partial charge in [0, 0.05) is 12.5 Å². The van der Waals surface area contributed by atoms with E-state index < -0.39 is 11.7 Å². The molecule has 0 aliphatic carbocycles. The molecule has 5 heteroatoms. The molecule has 0 saturated carbocycles. The Morgan fingerprint density at radius 3 is 2.67 bits per heavy atom. The lowest BCUT2D eigenvalue weighted by Crippen LogP contribution is -2.21. The van der Waals surface area contributed by atoms with Crippen molar-refractivity contribution in [1.29, 1.82) is 0 Å². The van der Waals surface area contributed by atoms with Gasteiger partial charge in [-0.25, -0.2) is 0 Å². The molecule has 0 radical (unpaired) electrons. The van der Waals surface area contributed by atoms with Crippen LogP contribution < -0.4 is 10.5 Å². The number of rotatable bonds is 7. The van der Waals surface area contributed by atoms with Crippen molar-refractivity contribution in [2.24, 2.45) is 5.73 Å². The summed E-state index contributed by atoms with van der Waals surface area (Å²) in [5.41, 5.74) is 5.59. The van der Waals surface area contributed by atoms with E-state index in [0.717, 1.165) is 6.07 Å². The van der Waals surface area contributed by atoms with Gasteiger partial charge in [-0.2, -0.15) is 13.2 Å². The maximum Gasteiger partial charge on any atom is 0.419 e. The summed E-state index contributed by atoms with van der Waals surface area (Å²) >= 11 is 0. The van der Waals surface area contributed by atoms with Crippen LogP contribution >= 0.6 is 0 Å². The summed E-state index contributed by atoms with van der Waals surface area (Å²) in [6.45, 7) is 2.07. The monoisotopic (exact) mass is 299 g/mol. The van der Waals surface area contributed by atoms with Crippen LogP contribution in [0.4, 0.5) is 13.2 Å². The zero-order valence-electron chi connectivity index (χ0n) is 12.0. The normalized spacial score (nSPS) is 12.8. The van der Waals surface area contributed by atoms with Crippen molar-refractivity contribution in [1.82, 2.24) is 0 Å². The Bertz CT molecular complexity index is 491. The highest BCUT2D eigenvalue weighted by Crippen LogP contribution is 2.37. The Hall–Kier alpha value is -1.67. The van der Waals surface area contributed by atoms with Gasteiger partial charge in [0.2, 0.25) is 0 Å². The molecule has 2 nitrogen and oxygen atoms in total. The van der Waals surface area contributed by atoms with E-state index >= 15 is 0 Å². The van der Waals surface area contributed by atoms with Gasteiger partial charge >= 0.3 is 6.18 Å². The maximum atomic E-state index is 13.1. The van der Waals surface area contributed by atoms with Crippen LogP contribution in [0.2, 0.25) is 0 Å². The SMILES string of the molecule is C#CCCCOc1ccc(CC(N)CC)cc1C(F)(F)F. The quantitative estimate of drug-likeness (QED) is 0.614. The van der Waals surface area contributed by atoms with Gasteiger partial charge in [0.1, 0.15) is 5.75 Å². The van der Waals surface area contributed by atoms with E-state index in [-0.39, 0.29) is 18.4 Å². The van der Waals surface area contributed by atoms with Crippen molar-refractivity contribution >= 4 is 0 Å². The summed E-state index contributed by atoms with van der Waals surface area (Å²) in [5.74, 6) is 2.26. The van der Waals surface area contributed by atoms with Crippen molar-refractivity contribution in [2.75, 3.05) is 6.61 Å². The van der Waals surface area contributed by atoms with Crippen LogP contribution in [0.15, 0.2) is 18.2 Å². The van der Waals surface area contributed by atoms with Gasteiger partial charge in [0.15, 0.2) is 0 Å². The molecule has 0 heterocycles. The molecule has 0 bridgehead atoms. The van der Waals surface area contributed by atoms with Crippen molar-refractivity contribution in [3.63, 3.8) is 0 Å². The Morgan fingerprint density at radius 2 is 2.10 bits per heavy atom. The molecule has 21 heavy (non-hydrogen) atoms. The number of terminal acetylenes is 1. The number of benzene rings is 1. The first kappa shape index (κ1) is 17.4. The molecule has 1 unspecified atom stereocenters. The minimum atomic E-state index is -4.45. The van der Waals surface area contributed by atoms with E-state index in [1.54, 1.807) is 6.07 Å². The average Bonchev–Trinajstić information content (AvgIpc) is 2.43. The fourth-order valence-electron chi connectivity index (χ4n) is 1.85. The van der Waals surface area contributed by atoms with E-state index in [9.17, 15) is 13.2 Å². The summed E-state index contributed by atoms with van der Waals surface area (Å²) in [5, 5.41) is 0. The second-order valence-electron chi connectivity index (χ2n) is 4.86. The first-order valence-electron chi connectivity index (χ1n) is 6.90. The van der Waals surface area contributed by atoms with E-state index in [0.29, 0.717) is 31.2 Å². The lowest BCUT2D eigenvalue weighted by atomic mass is 10.0. The summed E-state index contributed by atoms with van der Waals surface area (Å²) in [6.07, 6.45) is 2.77. The first-order valence-corrected chi connectivity index (χ1v) is 6.90. The summed E-state index contributed by atoms with van der Waals surface area (Å²) in [6, 6.07) is 3.96. The number of unbranched alkanes of at least 4 members (excludes halogenated alkanes) is 1. The smallest absolute Gasteiger partial charge is 0.419 e. The summed E-state index contributed by atoms with van der Waals surface area (Å²) in [4.78, 5) is 0. The van der Waals surface area contributed by atoms with Gasteiger partial charge < -0.3 is 10.5 Å². The molecule has 1 aromatic rings. The standard InChI is InChI=1S/C16H20F3NO/c1-3-5-6-9-21-15-8-7-12(10-13(20)4-2)11-14(15)16(17,18)19/h1,7-8,11,13H,4-6,9-10,20H2,2H3. The van der Waals surface area contributed by atoms with Gasteiger partial charge in [-0.05, 0) is 37.0 Å². The van der Waals surface area contributed by atoms with Gasteiger partial charge in [-0.1, -0.05) is 13.0 Å². The number of halogens is 3. The molecule has 0 amide bonds. The van der Waals surface area contributed by atoms with E-state index in [4.69, 9.17) is 16.9 Å². The molecule has 0 spiro atoms. The van der Waals surface area contributed by atoms with Crippen LogP contribution in [0.5, 0.6) is 5.75 Å². The second-order valence-corrected chi connectivity index (χ2v) is 4.86. The fraction of sp³-hybridized carbons (Fsp3) is 0.500. The first-order chi connectivity index (χ1) is 9.88. The van der Waals surface area contributed by atoms with Crippen molar-refractivity contribution in [3.8, 4) is 18.1 Å². The summed E-state index contributed by atoms with van der Waals surface area (Å²) in [7, 11) is 0. The fourth-order valence-corrected chi connectivity index (χ4v) is 1.85. The zero-order valence-corrected chi connectivity index (χ0v) is 12.0. The number of ether oxygens (including phenoxy) is 1. The highest BCUT2D eigenvalue weighted by molar-refractivity contribution is 5.39. The van der Waals surface area contributed by atoms with Gasteiger partial charge in [-0.15, -0.1) is 12.3 Å².